The molecule has 0 aliphatic carbocycles. The highest BCUT2D eigenvalue weighted by atomic mass is 32.2. The zero-order valence-corrected chi connectivity index (χ0v) is 15.3. The summed E-state index contributed by atoms with van der Waals surface area (Å²) in [6, 6.07) is 13.7. The molecule has 130 valence electrons. The van der Waals surface area contributed by atoms with Gasteiger partial charge in [-0.2, -0.15) is 0 Å². The minimum absolute atomic E-state index is 0.228. The average molecular weight is 383 g/mol. The Balaban J connectivity index is 1.69. The molecule has 4 rings (SSSR count). The molecule has 0 radical (unpaired) electrons. The molecule has 0 atom stereocenters. The second-order valence-corrected chi connectivity index (χ2v) is 8.80. The zero-order chi connectivity index (χ0) is 18.3. The van der Waals surface area contributed by atoms with Crippen LogP contribution in [0, 0.1) is 0 Å². The number of pyridine rings is 1. The van der Waals surface area contributed by atoms with E-state index in [1.165, 1.54) is 17.4 Å². The number of carbonyl (C=O) groups excluding carboxylic acids is 1. The second-order valence-electron chi connectivity index (χ2n) is 5.75. The van der Waals surface area contributed by atoms with Crippen LogP contribution in [0.1, 0.15) is 10.4 Å². The van der Waals surface area contributed by atoms with Crippen molar-refractivity contribution < 1.29 is 13.2 Å². The zero-order valence-electron chi connectivity index (χ0n) is 13.6. The van der Waals surface area contributed by atoms with Crippen molar-refractivity contribution in [2.45, 2.75) is 4.90 Å². The highest BCUT2D eigenvalue weighted by Crippen LogP contribution is 2.29. The number of thiazole rings is 1. The first-order valence-electron chi connectivity index (χ1n) is 7.67. The van der Waals surface area contributed by atoms with E-state index < -0.39 is 9.84 Å². The van der Waals surface area contributed by atoms with E-state index >= 15 is 0 Å². The molecule has 6 nitrogen and oxygen atoms in total. The van der Waals surface area contributed by atoms with Crippen LogP contribution in [-0.4, -0.2) is 30.5 Å². The summed E-state index contributed by atoms with van der Waals surface area (Å²) in [6.45, 7) is 0. The molecule has 1 N–H and O–H groups in total. The summed E-state index contributed by atoms with van der Waals surface area (Å²) in [5.74, 6) is -0.286. The Morgan fingerprint density at radius 1 is 1.08 bits per heavy atom. The molecule has 0 aliphatic heterocycles. The molecule has 0 bridgehead atoms. The second kappa shape index (κ2) is 6.15. The predicted molar refractivity (Wildman–Crippen MR) is 102 cm³/mol. The molecule has 1 amide bonds. The Labute approximate surface area is 153 Å². The van der Waals surface area contributed by atoms with Gasteiger partial charge in [0.15, 0.2) is 15.0 Å². The number of anilines is 1. The third-order valence-corrected chi connectivity index (χ3v) is 5.94. The van der Waals surface area contributed by atoms with Gasteiger partial charge in [-0.05, 0) is 36.4 Å². The maximum absolute atomic E-state index is 12.7. The van der Waals surface area contributed by atoms with Crippen molar-refractivity contribution in [2.75, 3.05) is 11.6 Å². The Bertz CT molecular complexity index is 1260. The van der Waals surface area contributed by atoms with Gasteiger partial charge in [-0.1, -0.05) is 23.5 Å². The molecule has 0 saturated carbocycles. The number of nitrogens with zero attached hydrogens (tertiary/aromatic N) is 2. The van der Waals surface area contributed by atoms with Crippen LogP contribution < -0.4 is 5.32 Å². The number of rotatable bonds is 3. The van der Waals surface area contributed by atoms with Crippen LogP contribution in [-0.2, 0) is 9.84 Å². The van der Waals surface area contributed by atoms with Gasteiger partial charge in [-0.25, -0.2) is 13.4 Å². The summed E-state index contributed by atoms with van der Waals surface area (Å²) in [5, 5.41) is 3.96. The van der Waals surface area contributed by atoms with E-state index in [1.807, 2.05) is 12.1 Å². The summed E-state index contributed by atoms with van der Waals surface area (Å²) >= 11 is 1.23. The van der Waals surface area contributed by atoms with Crippen LogP contribution in [0.15, 0.2) is 59.6 Å². The van der Waals surface area contributed by atoms with Gasteiger partial charge in [0, 0.05) is 23.4 Å². The van der Waals surface area contributed by atoms with Crippen LogP contribution in [0.4, 0.5) is 5.13 Å². The summed E-state index contributed by atoms with van der Waals surface area (Å²) in [5.41, 5.74) is 1.88. The highest BCUT2D eigenvalue weighted by molar-refractivity contribution is 7.90. The Kier molecular flexibility index (Phi) is 3.93. The van der Waals surface area contributed by atoms with Gasteiger partial charge in [0.05, 0.1) is 20.6 Å². The molecule has 0 unspecified atom stereocenters. The first-order valence-corrected chi connectivity index (χ1v) is 10.4. The number of amides is 1. The van der Waals surface area contributed by atoms with Gasteiger partial charge in [0.1, 0.15) is 0 Å². The number of hydrogen-bond donors (Lipinski definition) is 1. The van der Waals surface area contributed by atoms with Crippen molar-refractivity contribution in [3.8, 4) is 0 Å². The average Bonchev–Trinajstić information content (AvgIpc) is 3.01. The molecule has 2 heterocycles. The van der Waals surface area contributed by atoms with Crippen molar-refractivity contribution in [3.05, 3.63) is 60.3 Å². The monoisotopic (exact) mass is 383 g/mol. The standard InChI is InChI=1S/C18H13N3O3S2/c1-26(23,24)11-7-8-15-16(10-11)25-18(20-15)21-17(22)13-4-2-6-14-12(13)5-3-9-19-14/h2-10H,1H3,(H,20,21,22). The molecule has 0 saturated heterocycles. The minimum Gasteiger partial charge on any atom is -0.298 e. The van der Waals surface area contributed by atoms with Crippen molar-refractivity contribution in [2.24, 2.45) is 0 Å². The number of fused-ring (bicyclic) bond motifs is 2. The number of nitrogens with one attached hydrogen (secondary N) is 1. The summed E-state index contributed by atoms with van der Waals surface area (Å²) < 4.78 is 24.1. The fraction of sp³-hybridized carbons (Fsp3) is 0.0556. The van der Waals surface area contributed by atoms with E-state index in [0.29, 0.717) is 20.9 Å². The lowest BCUT2D eigenvalue weighted by atomic mass is 10.1. The molecular weight excluding hydrogens is 370 g/mol. The summed E-state index contributed by atoms with van der Waals surface area (Å²) in [4.78, 5) is 21.5. The van der Waals surface area contributed by atoms with E-state index in [-0.39, 0.29) is 10.8 Å². The van der Waals surface area contributed by atoms with Crippen molar-refractivity contribution >= 4 is 53.3 Å². The van der Waals surface area contributed by atoms with E-state index in [1.54, 1.807) is 36.5 Å². The van der Waals surface area contributed by atoms with E-state index in [0.717, 1.165) is 17.2 Å². The normalized spacial score (nSPS) is 11.7. The minimum atomic E-state index is -3.29. The lowest BCUT2D eigenvalue weighted by Crippen LogP contribution is -2.12. The molecule has 2 aromatic heterocycles. The third-order valence-electron chi connectivity index (χ3n) is 3.90. The third kappa shape index (κ3) is 3.04. The number of carbonyl (C=O) groups is 1. The van der Waals surface area contributed by atoms with E-state index in [4.69, 9.17) is 0 Å². The lowest BCUT2D eigenvalue weighted by molar-refractivity contribution is 0.102. The molecular formula is C18H13N3O3S2. The molecule has 2 aromatic carbocycles. The Hall–Kier alpha value is -2.84. The van der Waals surface area contributed by atoms with Crippen molar-refractivity contribution in [3.63, 3.8) is 0 Å². The van der Waals surface area contributed by atoms with Crippen LogP contribution in [0.3, 0.4) is 0 Å². The number of benzene rings is 2. The first-order chi connectivity index (χ1) is 12.4. The first kappa shape index (κ1) is 16.6. The molecule has 0 aliphatic rings. The number of hydrogen-bond acceptors (Lipinski definition) is 6. The van der Waals surface area contributed by atoms with Crippen molar-refractivity contribution in [1.29, 1.82) is 0 Å². The van der Waals surface area contributed by atoms with E-state index in [2.05, 4.69) is 15.3 Å². The fourth-order valence-electron chi connectivity index (χ4n) is 2.65. The topological polar surface area (TPSA) is 89.0 Å². The maximum Gasteiger partial charge on any atom is 0.258 e. The Morgan fingerprint density at radius 2 is 1.92 bits per heavy atom. The molecule has 4 aromatic rings. The molecule has 26 heavy (non-hydrogen) atoms. The van der Waals surface area contributed by atoms with E-state index in [9.17, 15) is 13.2 Å². The van der Waals surface area contributed by atoms with Gasteiger partial charge in [-0.15, -0.1) is 0 Å². The highest BCUT2D eigenvalue weighted by Gasteiger charge is 2.14. The van der Waals surface area contributed by atoms with Crippen molar-refractivity contribution in [1.82, 2.24) is 9.97 Å². The SMILES string of the molecule is CS(=O)(=O)c1ccc2nc(NC(=O)c3cccc4ncccc34)sc2c1. The quantitative estimate of drug-likeness (QED) is 0.585. The Morgan fingerprint density at radius 3 is 2.73 bits per heavy atom. The van der Waals surface area contributed by atoms with Crippen LogP contribution in [0.5, 0.6) is 0 Å². The smallest absolute Gasteiger partial charge is 0.258 e. The van der Waals surface area contributed by atoms with Gasteiger partial charge in [-0.3, -0.25) is 15.1 Å². The predicted octanol–water partition coefficient (Wildman–Crippen LogP) is 3.50. The van der Waals surface area contributed by atoms with Gasteiger partial charge >= 0.3 is 0 Å². The maximum atomic E-state index is 12.7. The molecule has 0 spiro atoms. The van der Waals surface area contributed by atoms with Crippen LogP contribution in [0.2, 0.25) is 0 Å². The summed E-state index contributed by atoms with van der Waals surface area (Å²) in [6.07, 6.45) is 2.84. The van der Waals surface area contributed by atoms with Gasteiger partial charge < -0.3 is 0 Å². The largest absolute Gasteiger partial charge is 0.298 e. The molecule has 8 heteroatoms. The van der Waals surface area contributed by atoms with Gasteiger partial charge in [0.2, 0.25) is 0 Å². The lowest BCUT2D eigenvalue weighted by Gasteiger charge is -2.05. The van der Waals surface area contributed by atoms with Crippen LogP contribution in [0.25, 0.3) is 21.1 Å². The molecule has 0 fully saturated rings. The van der Waals surface area contributed by atoms with Gasteiger partial charge in [0.25, 0.3) is 5.91 Å². The number of aromatic nitrogens is 2. The van der Waals surface area contributed by atoms with Crippen LogP contribution >= 0.6 is 11.3 Å². The number of sulfone groups is 1. The summed E-state index contributed by atoms with van der Waals surface area (Å²) in [7, 11) is -3.29. The fourth-order valence-corrected chi connectivity index (χ4v) is 4.28.